The average Bonchev–Trinajstić information content (AvgIpc) is 3.05. The molecule has 26 heavy (non-hydrogen) atoms. The van der Waals surface area contributed by atoms with Crippen LogP contribution in [-0.2, 0) is 11.3 Å². The van der Waals surface area contributed by atoms with E-state index < -0.39 is 5.97 Å². The van der Waals surface area contributed by atoms with Crippen molar-refractivity contribution in [2.45, 2.75) is 18.6 Å². The van der Waals surface area contributed by atoms with Gasteiger partial charge in [-0.1, -0.05) is 41.9 Å². The first-order chi connectivity index (χ1) is 12.6. The quantitative estimate of drug-likeness (QED) is 0.480. The molecule has 0 saturated heterocycles. The highest BCUT2D eigenvalue weighted by molar-refractivity contribution is 8.04. The van der Waals surface area contributed by atoms with E-state index in [4.69, 9.17) is 11.6 Å². The number of carboxylic acid groups (broad SMARTS) is 1. The Kier molecular flexibility index (Phi) is 5.75. The minimum atomic E-state index is -1.25. The number of halogens is 1. The molecular weight excluding hydrogens is 370 g/mol. The Morgan fingerprint density at radius 1 is 1.15 bits per heavy atom. The van der Waals surface area contributed by atoms with Crippen LogP contribution in [0.4, 0.5) is 0 Å². The Morgan fingerprint density at radius 2 is 1.85 bits per heavy atom. The van der Waals surface area contributed by atoms with E-state index >= 15 is 0 Å². The summed E-state index contributed by atoms with van der Waals surface area (Å²) in [6, 6.07) is 16.5. The van der Waals surface area contributed by atoms with Gasteiger partial charge in [-0.3, -0.25) is 0 Å². The Bertz CT molecular complexity index is 937. The largest absolute Gasteiger partial charge is 0.544 e. The number of hydrogen-bond acceptors (Lipinski definition) is 5. The minimum absolute atomic E-state index is 0.0703. The van der Waals surface area contributed by atoms with E-state index in [9.17, 15) is 9.90 Å². The maximum atomic E-state index is 11.5. The first-order valence-corrected chi connectivity index (χ1v) is 9.13. The number of rotatable bonds is 6. The van der Waals surface area contributed by atoms with Gasteiger partial charge in [0.2, 0.25) is 0 Å². The molecule has 0 unspecified atom stereocenters. The molecule has 5 nitrogen and oxygen atoms in total. The molecule has 0 atom stereocenters. The molecule has 3 rings (SSSR count). The van der Waals surface area contributed by atoms with Crippen LogP contribution in [0.15, 0.2) is 64.7 Å². The van der Waals surface area contributed by atoms with Crippen LogP contribution in [0.2, 0.25) is 5.02 Å². The van der Waals surface area contributed by atoms with E-state index in [1.165, 1.54) is 0 Å². The monoisotopic (exact) mass is 384 g/mol. The zero-order valence-corrected chi connectivity index (χ0v) is 15.5. The third kappa shape index (κ3) is 4.15. The molecule has 3 aromatic rings. The molecule has 2 aromatic carbocycles. The summed E-state index contributed by atoms with van der Waals surface area (Å²) < 4.78 is 1.86. The predicted molar refractivity (Wildman–Crippen MR) is 101 cm³/mol. The lowest BCUT2D eigenvalue weighted by Crippen LogP contribution is -2.23. The second kappa shape index (κ2) is 8.21. The third-order valence-corrected chi connectivity index (χ3v) is 4.88. The summed E-state index contributed by atoms with van der Waals surface area (Å²) in [5.41, 5.74) is 1.64. The van der Waals surface area contributed by atoms with Gasteiger partial charge in [-0.15, -0.1) is 10.2 Å². The van der Waals surface area contributed by atoms with Crippen molar-refractivity contribution >= 4 is 35.4 Å². The summed E-state index contributed by atoms with van der Waals surface area (Å²) in [7, 11) is 0. The van der Waals surface area contributed by atoms with Crippen molar-refractivity contribution in [3.63, 3.8) is 0 Å². The van der Waals surface area contributed by atoms with Gasteiger partial charge in [0.05, 0.1) is 5.97 Å². The van der Waals surface area contributed by atoms with Crippen molar-refractivity contribution in [2.75, 3.05) is 0 Å². The first-order valence-electron chi connectivity index (χ1n) is 7.93. The molecule has 0 N–H and O–H groups in total. The molecule has 0 aliphatic carbocycles. The highest BCUT2D eigenvalue weighted by atomic mass is 35.5. The summed E-state index contributed by atoms with van der Waals surface area (Å²) in [5, 5.41) is 21.0. The fraction of sp³-hybridized carbons (Fsp3) is 0.105. The van der Waals surface area contributed by atoms with Gasteiger partial charge >= 0.3 is 0 Å². The summed E-state index contributed by atoms with van der Waals surface area (Å²) in [6.45, 7) is 2.55. The third-order valence-electron chi connectivity index (χ3n) is 3.64. The molecule has 1 heterocycles. The fourth-order valence-electron chi connectivity index (χ4n) is 2.39. The molecule has 0 fully saturated rings. The second-order valence-electron chi connectivity index (χ2n) is 5.37. The topological polar surface area (TPSA) is 70.8 Å². The lowest BCUT2D eigenvalue weighted by molar-refractivity contribution is -0.297. The Labute approximate surface area is 160 Å². The van der Waals surface area contributed by atoms with Crippen LogP contribution >= 0.6 is 23.4 Å². The van der Waals surface area contributed by atoms with Crippen molar-refractivity contribution in [1.29, 1.82) is 0 Å². The highest BCUT2D eigenvalue weighted by Crippen LogP contribution is 2.30. The molecule has 0 aliphatic rings. The number of aromatic nitrogens is 3. The Hall–Kier alpha value is -2.57. The van der Waals surface area contributed by atoms with Gasteiger partial charge in [0.25, 0.3) is 0 Å². The summed E-state index contributed by atoms with van der Waals surface area (Å²) >= 11 is 6.96. The number of carboxylic acids is 1. The molecule has 0 saturated carbocycles. The lowest BCUT2D eigenvalue weighted by Gasteiger charge is -2.10. The summed E-state index contributed by atoms with van der Waals surface area (Å²) in [5.74, 6) is -0.596. The van der Waals surface area contributed by atoms with Crippen LogP contribution in [0.1, 0.15) is 12.5 Å². The number of carbonyl (C=O) groups is 1. The summed E-state index contributed by atoms with van der Waals surface area (Å²) in [6.07, 6.45) is 1.57. The molecule has 7 heteroatoms. The highest BCUT2D eigenvalue weighted by Gasteiger charge is 2.15. The maximum absolute atomic E-state index is 11.5. The normalized spacial score (nSPS) is 11.5. The Morgan fingerprint density at radius 3 is 2.46 bits per heavy atom. The molecule has 0 amide bonds. The van der Waals surface area contributed by atoms with Crippen LogP contribution in [0.25, 0.3) is 17.5 Å². The van der Waals surface area contributed by atoms with E-state index in [1.807, 2.05) is 54.0 Å². The van der Waals surface area contributed by atoms with Gasteiger partial charge in [0, 0.05) is 22.0 Å². The van der Waals surface area contributed by atoms with Crippen LogP contribution in [0.3, 0.4) is 0 Å². The molecule has 0 spiro atoms. The van der Waals surface area contributed by atoms with Crippen molar-refractivity contribution in [3.05, 3.63) is 70.1 Å². The Balaban J connectivity index is 1.95. The van der Waals surface area contributed by atoms with Crippen LogP contribution < -0.4 is 5.11 Å². The van der Waals surface area contributed by atoms with E-state index in [0.717, 1.165) is 22.9 Å². The minimum Gasteiger partial charge on any atom is -0.544 e. The van der Waals surface area contributed by atoms with Gasteiger partial charge < -0.3 is 14.5 Å². The van der Waals surface area contributed by atoms with E-state index in [2.05, 4.69) is 10.2 Å². The lowest BCUT2D eigenvalue weighted by atomic mass is 10.2. The van der Waals surface area contributed by atoms with Crippen molar-refractivity contribution in [2.24, 2.45) is 0 Å². The van der Waals surface area contributed by atoms with Gasteiger partial charge in [-0.05, 0) is 54.6 Å². The molecule has 0 bridgehead atoms. The van der Waals surface area contributed by atoms with E-state index in [1.54, 1.807) is 18.2 Å². The number of carbonyl (C=O) groups excluding carboxylic acids is 1. The SMILES string of the molecule is CCn1c(S/C(=C/c2ccccc2)C(=O)[O-])nnc1-c1ccc(Cl)cc1. The number of nitrogens with zero attached hydrogens (tertiary/aromatic N) is 3. The molecule has 0 aliphatic heterocycles. The second-order valence-corrected chi connectivity index (χ2v) is 6.81. The van der Waals surface area contributed by atoms with Gasteiger partial charge in [0.1, 0.15) is 0 Å². The zero-order valence-electron chi connectivity index (χ0n) is 13.9. The van der Waals surface area contributed by atoms with Crippen LogP contribution in [-0.4, -0.2) is 20.7 Å². The van der Waals surface area contributed by atoms with Gasteiger partial charge in [0.15, 0.2) is 11.0 Å². The van der Waals surface area contributed by atoms with Gasteiger partial charge in [-0.25, -0.2) is 0 Å². The standard InChI is InChI=1S/C19H16ClN3O2S/c1-2-23-17(14-8-10-15(20)11-9-14)21-22-19(23)26-16(18(24)25)12-13-6-4-3-5-7-13/h3-12H,2H2,1H3,(H,24,25)/p-1/b16-12+. The molecule has 1 aromatic heterocycles. The molecular formula is C19H15ClN3O2S-. The van der Waals surface area contributed by atoms with Crippen molar-refractivity contribution in [1.82, 2.24) is 14.8 Å². The number of thioether (sulfide) groups is 1. The van der Waals surface area contributed by atoms with Crippen molar-refractivity contribution < 1.29 is 9.90 Å². The first kappa shape index (κ1) is 18.2. The van der Waals surface area contributed by atoms with Crippen LogP contribution in [0, 0.1) is 0 Å². The number of benzene rings is 2. The maximum Gasteiger partial charge on any atom is 0.196 e. The number of hydrogen-bond donors (Lipinski definition) is 0. The predicted octanol–water partition coefficient (Wildman–Crippen LogP) is 3.50. The average molecular weight is 385 g/mol. The van der Waals surface area contributed by atoms with E-state index in [-0.39, 0.29) is 4.91 Å². The zero-order chi connectivity index (χ0) is 18.5. The molecule has 0 radical (unpaired) electrons. The smallest absolute Gasteiger partial charge is 0.196 e. The van der Waals surface area contributed by atoms with E-state index in [0.29, 0.717) is 22.5 Å². The molecule has 132 valence electrons. The van der Waals surface area contributed by atoms with Gasteiger partial charge in [-0.2, -0.15) is 0 Å². The van der Waals surface area contributed by atoms with Crippen LogP contribution in [0.5, 0.6) is 0 Å². The summed E-state index contributed by atoms with van der Waals surface area (Å²) in [4.78, 5) is 11.6. The number of aliphatic carboxylic acids is 1. The van der Waals surface area contributed by atoms with Crippen molar-refractivity contribution in [3.8, 4) is 11.4 Å². The fourth-order valence-corrected chi connectivity index (χ4v) is 3.40.